The molecule has 6 heteroatoms. The first-order chi connectivity index (χ1) is 10.9. The van der Waals surface area contributed by atoms with Gasteiger partial charge in [0.05, 0.1) is 12.1 Å². The summed E-state index contributed by atoms with van der Waals surface area (Å²) in [6.07, 6.45) is 0.889. The zero-order valence-corrected chi connectivity index (χ0v) is 14.0. The molecule has 0 aliphatic carbocycles. The number of amides is 3. The van der Waals surface area contributed by atoms with Crippen LogP contribution in [-0.2, 0) is 4.79 Å². The zero-order chi connectivity index (χ0) is 16.6. The van der Waals surface area contributed by atoms with Gasteiger partial charge in [-0.05, 0) is 25.6 Å². The number of rotatable bonds is 1. The van der Waals surface area contributed by atoms with Crippen LogP contribution >= 0.6 is 0 Å². The number of likely N-dealkylation sites (tertiary alicyclic amines) is 1. The SMILES string of the molecule is CN(C)C(=O)N1CCC2(C1)CN(c1ccccc1)C(=O)CN2C. The molecule has 0 radical (unpaired) electrons. The van der Waals surface area contributed by atoms with Crippen molar-refractivity contribution in [2.75, 3.05) is 52.2 Å². The average Bonchev–Trinajstić information content (AvgIpc) is 2.96. The lowest BCUT2D eigenvalue weighted by atomic mass is 9.92. The van der Waals surface area contributed by atoms with Crippen LogP contribution in [0.4, 0.5) is 10.5 Å². The van der Waals surface area contributed by atoms with Crippen molar-refractivity contribution >= 4 is 17.6 Å². The van der Waals surface area contributed by atoms with Gasteiger partial charge < -0.3 is 14.7 Å². The minimum absolute atomic E-state index is 0.0402. The topological polar surface area (TPSA) is 47.1 Å². The number of benzene rings is 1. The standard InChI is InChI=1S/C17H24N4O2/c1-18(2)16(23)20-10-9-17(12-20)13-21(15(22)11-19(17)3)14-7-5-4-6-8-14/h4-8H,9-13H2,1-3H3. The number of urea groups is 1. The van der Waals surface area contributed by atoms with Gasteiger partial charge in [0.2, 0.25) is 5.91 Å². The highest BCUT2D eigenvalue weighted by atomic mass is 16.2. The van der Waals surface area contributed by atoms with Crippen LogP contribution in [0.1, 0.15) is 6.42 Å². The molecule has 1 atom stereocenters. The van der Waals surface area contributed by atoms with Crippen LogP contribution in [-0.4, -0.2) is 79.5 Å². The predicted octanol–water partition coefficient (Wildman–Crippen LogP) is 1.09. The Kier molecular flexibility index (Phi) is 4.02. The van der Waals surface area contributed by atoms with Crippen LogP contribution in [0.3, 0.4) is 0 Å². The monoisotopic (exact) mass is 316 g/mol. The lowest BCUT2D eigenvalue weighted by Crippen LogP contribution is -2.64. The highest BCUT2D eigenvalue weighted by molar-refractivity contribution is 5.96. The van der Waals surface area contributed by atoms with Crippen molar-refractivity contribution in [2.45, 2.75) is 12.0 Å². The van der Waals surface area contributed by atoms with Gasteiger partial charge in [-0.25, -0.2) is 4.79 Å². The van der Waals surface area contributed by atoms with E-state index in [1.807, 2.05) is 47.2 Å². The Morgan fingerprint density at radius 2 is 1.87 bits per heavy atom. The van der Waals surface area contributed by atoms with Gasteiger partial charge in [-0.1, -0.05) is 18.2 Å². The summed E-state index contributed by atoms with van der Waals surface area (Å²) < 4.78 is 0. The van der Waals surface area contributed by atoms with Crippen LogP contribution in [0.5, 0.6) is 0 Å². The Balaban J connectivity index is 1.82. The summed E-state index contributed by atoms with van der Waals surface area (Å²) in [5, 5.41) is 0. The Hall–Kier alpha value is -2.08. The van der Waals surface area contributed by atoms with Crippen LogP contribution in [0, 0.1) is 0 Å². The van der Waals surface area contributed by atoms with Gasteiger partial charge in [0.15, 0.2) is 0 Å². The number of carbonyl (C=O) groups excluding carboxylic acids is 2. The first-order valence-electron chi connectivity index (χ1n) is 7.96. The Morgan fingerprint density at radius 3 is 2.52 bits per heavy atom. The molecule has 2 saturated heterocycles. The van der Waals surface area contributed by atoms with Gasteiger partial charge in [0.25, 0.3) is 0 Å². The molecule has 2 heterocycles. The van der Waals surface area contributed by atoms with Gasteiger partial charge in [-0.2, -0.15) is 0 Å². The molecule has 23 heavy (non-hydrogen) atoms. The van der Waals surface area contributed by atoms with Crippen molar-refractivity contribution in [3.63, 3.8) is 0 Å². The van der Waals surface area contributed by atoms with E-state index in [1.54, 1.807) is 19.0 Å². The number of nitrogens with zero attached hydrogens (tertiary/aromatic N) is 4. The summed E-state index contributed by atoms with van der Waals surface area (Å²) in [6, 6.07) is 9.82. The number of carbonyl (C=O) groups is 2. The molecule has 0 bridgehead atoms. The van der Waals surface area contributed by atoms with E-state index in [9.17, 15) is 9.59 Å². The van der Waals surface area contributed by atoms with E-state index in [1.165, 1.54) is 0 Å². The molecule has 1 aromatic carbocycles. The van der Waals surface area contributed by atoms with Gasteiger partial charge in [0.1, 0.15) is 0 Å². The Morgan fingerprint density at radius 1 is 1.17 bits per heavy atom. The van der Waals surface area contributed by atoms with Crippen LogP contribution in [0.2, 0.25) is 0 Å². The molecule has 0 N–H and O–H groups in total. The molecule has 2 aliphatic heterocycles. The second-order valence-electron chi connectivity index (χ2n) is 6.74. The quantitative estimate of drug-likeness (QED) is 0.779. The lowest BCUT2D eigenvalue weighted by Gasteiger charge is -2.46. The summed E-state index contributed by atoms with van der Waals surface area (Å²) in [7, 11) is 5.54. The number of hydrogen-bond donors (Lipinski definition) is 0. The van der Waals surface area contributed by atoms with E-state index in [0.717, 1.165) is 18.7 Å². The number of likely N-dealkylation sites (N-methyl/N-ethyl adjacent to an activating group) is 1. The molecule has 1 spiro atoms. The first kappa shape index (κ1) is 15.8. The third kappa shape index (κ3) is 2.79. The number of piperazine rings is 1. The average molecular weight is 316 g/mol. The smallest absolute Gasteiger partial charge is 0.319 e. The first-order valence-corrected chi connectivity index (χ1v) is 7.96. The van der Waals surface area contributed by atoms with Crippen molar-refractivity contribution in [2.24, 2.45) is 0 Å². The maximum atomic E-state index is 12.5. The fraction of sp³-hybridized carbons (Fsp3) is 0.529. The van der Waals surface area contributed by atoms with Crippen LogP contribution < -0.4 is 4.90 Å². The molecular weight excluding hydrogens is 292 g/mol. The van der Waals surface area contributed by atoms with Crippen molar-refractivity contribution in [1.82, 2.24) is 14.7 Å². The second-order valence-corrected chi connectivity index (χ2v) is 6.74. The molecule has 3 rings (SSSR count). The van der Waals surface area contributed by atoms with E-state index in [-0.39, 0.29) is 17.5 Å². The fourth-order valence-electron chi connectivity index (χ4n) is 3.55. The number of para-hydroxylation sites is 1. The molecule has 1 unspecified atom stereocenters. The summed E-state index contributed by atoms with van der Waals surface area (Å²) in [5.41, 5.74) is 0.775. The van der Waals surface area contributed by atoms with Gasteiger partial charge in [-0.15, -0.1) is 0 Å². The molecule has 3 amide bonds. The minimum Gasteiger partial charge on any atom is -0.331 e. The summed E-state index contributed by atoms with van der Waals surface area (Å²) >= 11 is 0. The van der Waals surface area contributed by atoms with E-state index in [0.29, 0.717) is 19.6 Å². The maximum absolute atomic E-state index is 12.5. The summed E-state index contributed by atoms with van der Waals surface area (Å²) in [6.45, 7) is 2.41. The largest absolute Gasteiger partial charge is 0.331 e. The van der Waals surface area contributed by atoms with Crippen molar-refractivity contribution in [3.8, 4) is 0 Å². The minimum atomic E-state index is -0.157. The van der Waals surface area contributed by atoms with E-state index < -0.39 is 0 Å². The summed E-state index contributed by atoms with van der Waals surface area (Å²) in [4.78, 5) is 32.2. The van der Waals surface area contributed by atoms with Crippen molar-refractivity contribution < 1.29 is 9.59 Å². The van der Waals surface area contributed by atoms with Crippen molar-refractivity contribution in [3.05, 3.63) is 30.3 Å². The molecular formula is C17H24N4O2. The molecule has 124 valence electrons. The van der Waals surface area contributed by atoms with E-state index in [2.05, 4.69) is 4.90 Å². The third-order valence-electron chi connectivity index (χ3n) is 4.99. The normalized spacial score (nSPS) is 25.3. The van der Waals surface area contributed by atoms with Gasteiger partial charge in [-0.3, -0.25) is 9.69 Å². The Labute approximate surface area is 137 Å². The molecule has 2 fully saturated rings. The molecule has 1 aromatic rings. The van der Waals surface area contributed by atoms with Crippen LogP contribution in [0.15, 0.2) is 30.3 Å². The van der Waals surface area contributed by atoms with Gasteiger partial charge in [0, 0.05) is 39.4 Å². The van der Waals surface area contributed by atoms with E-state index in [4.69, 9.17) is 0 Å². The van der Waals surface area contributed by atoms with Gasteiger partial charge >= 0.3 is 6.03 Å². The number of hydrogen-bond acceptors (Lipinski definition) is 3. The predicted molar refractivity (Wildman–Crippen MR) is 89.4 cm³/mol. The molecule has 0 saturated carbocycles. The molecule has 2 aliphatic rings. The second kappa shape index (κ2) is 5.85. The molecule has 0 aromatic heterocycles. The fourth-order valence-corrected chi connectivity index (χ4v) is 3.55. The maximum Gasteiger partial charge on any atom is 0.319 e. The van der Waals surface area contributed by atoms with Crippen molar-refractivity contribution in [1.29, 1.82) is 0 Å². The lowest BCUT2D eigenvalue weighted by molar-refractivity contribution is -0.123. The summed E-state index contributed by atoms with van der Waals surface area (Å²) in [5.74, 6) is 0.113. The number of anilines is 1. The Bertz CT molecular complexity index is 604. The third-order valence-corrected chi connectivity index (χ3v) is 4.99. The van der Waals surface area contributed by atoms with Crippen LogP contribution in [0.25, 0.3) is 0 Å². The molecule has 6 nitrogen and oxygen atoms in total. The highest BCUT2D eigenvalue weighted by Gasteiger charge is 2.48. The zero-order valence-electron chi connectivity index (χ0n) is 14.0. The highest BCUT2D eigenvalue weighted by Crippen LogP contribution is 2.33. The van der Waals surface area contributed by atoms with E-state index >= 15 is 0 Å².